The third-order valence-corrected chi connectivity index (χ3v) is 6.70. The van der Waals surface area contributed by atoms with Crippen molar-refractivity contribution in [1.29, 1.82) is 0 Å². The lowest BCUT2D eigenvalue weighted by molar-refractivity contribution is -0.135. The number of amides is 1. The van der Waals surface area contributed by atoms with Crippen molar-refractivity contribution >= 4 is 23.3 Å². The van der Waals surface area contributed by atoms with Gasteiger partial charge < -0.3 is 15.5 Å². The molecular formula is C24H30ClN5O. The van der Waals surface area contributed by atoms with E-state index in [1.165, 1.54) is 5.56 Å². The Bertz CT molecular complexity index is 953. The molecule has 164 valence electrons. The van der Waals surface area contributed by atoms with Crippen LogP contribution in [0, 0.1) is 5.92 Å². The Morgan fingerprint density at radius 3 is 2.52 bits per heavy atom. The van der Waals surface area contributed by atoms with Crippen molar-refractivity contribution in [3.05, 3.63) is 70.2 Å². The Balaban J connectivity index is 1.49. The predicted octanol–water partition coefficient (Wildman–Crippen LogP) is 3.21. The molecule has 2 unspecified atom stereocenters. The number of carbonyl (C=O) groups is 1. The maximum absolute atomic E-state index is 12.7. The zero-order valence-corrected chi connectivity index (χ0v) is 18.8. The Morgan fingerprint density at radius 1 is 1.16 bits per heavy atom. The molecule has 1 saturated heterocycles. The Kier molecular flexibility index (Phi) is 6.49. The molecule has 2 aromatic carbocycles. The van der Waals surface area contributed by atoms with Gasteiger partial charge in [0.05, 0.1) is 12.1 Å². The lowest BCUT2D eigenvalue weighted by Crippen LogP contribution is -2.56. The van der Waals surface area contributed by atoms with Crippen molar-refractivity contribution in [1.82, 2.24) is 15.2 Å². The molecule has 31 heavy (non-hydrogen) atoms. The number of nitrogens with two attached hydrogens (primary N) is 1. The van der Waals surface area contributed by atoms with Gasteiger partial charge in [0.2, 0.25) is 5.91 Å². The van der Waals surface area contributed by atoms with Crippen LogP contribution in [0.3, 0.4) is 0 Å². The second kappa shape index (κ2) is 9.28. The van der Waals surface area contributed by atoms with E-state index in [4.69, 9.17) is 22.4 Å². The summed E-state index contributed by atoms with van der Waals surface area (Å²) in [5, 5.41) is 5.47. The summed E-state index contributed by atoms with van der Waals surface area (Å²) < 4.78 is 0. The van der Waals surface area contributed by atoms with E-state index in [0.717, 1.165) is 41.5 Å². The zero-order chi connectivity index (χ0) is 22.0. The van der Waals surface area contributed by atoms with Crippen LogP contribution in [0.25, 0.3) is 0 Å². The number of nitrogens with zero attached hydrogens (tertiary/aromatic N) is 3. The molecule has 3 atom stereocenters. The summed E-state index contributed by atoms with van der Waals surface area (Å²) in [6, 6.07) is 15.8. The second-order valence-corrected chi connectivity index (χ2v) is 8.80. The monoisotopic (exact) mass is 439 g/mol. The highest BCUT2D eigenvalue weighted by Crippen LogP contribution is 2.30. The van der Waals surface area contributed by atoms with Crippen LogP contribution in [-0.4, -0.2) is 53.8 Å². The average molecular weight is 440 g/mol. The fourth-order valence-corrected chi connectivity index (χ4v) is 4.33. The Morgan fingerprint density at radius 2 is 1.84 bits per heavy atom. The van der Waals surface area contributed by atoms with Crippen molar-refractivity contribution in [2.24, 2.45) is 16.8 Å². The highest BCUT2D eigenvalue weighted by molar-refractivity contribution is 6.30. The normalized spacial score (nSPS) is 20.4. The highest BCUT2D eigenvalue weighted by atomic mass is 35.5. The van der Waals surface area contributed by atoms with Crippen LogP contribution in [0.2, 0.25) is 5.02 Å². The van der Waals surface area contributed by atoms with Crippen molar-refractivity contribution < 1.29 is 4.79 Å². The second-order valence-electron chi connectivity index (χ2n) is 8.36. The first-order valence-electron chi connectivity index (χ1n) is 11.0. The van der Waals surface area contributed by atoms with Crippen molar-refractivity contribution in [3.63, 3.8) is 0 Å². The topological polar surface area (TPSA) is 74.0 Å². The van der Waals surface area contributed by atoms with Gasteiger partial charge in [-0.1, -0.05) is 68.3 Å². The number of rotatable bonds is 4. The Labute approximate surface area is 189 Å². The van der Waals surface area contributed by atoms with E-state index in [0.29, 0.717) is 13.1 Å². The smallest absolute Gasteiger partial charge is 0.239 e. The van der Waals surface area contributed by atoms with Crippen molar-refractivity contribution in [2.75, 3.05) is 26.2 Å². The minimum Gasteiger partial charge on any atom is -0.351 e. The van der Waals surface area contributed by atoms with Gasteiger partial charge in [-0.2, -0.15) is 5.10 Å². The van der Waals surface area contributed by atoms with E-state index in [1.807, 2.05) is 42.2 Å². The molecule has 2 aliphatic rings. The number of hydrogen-bond donors (Lipinski definition) is 2. The molecule has 7 heteroatoms. The van der Waals surface area contributed by atoms with E-state index >= 15 is 0 Å². The Hall–Kier alpha value is -2.57. The third kappa shape index (κ3) is 4.41. The summed E-state index contributed by atoms with van der Waals surface area (Å²) in [4.78, 5) is 16.9. The van der Waals surface area contributed by atoms with E-state index < -0.39 is 6.04 Å². The van der Waals surface area contributed by atoms with Crippen molar-refractivity contribution in [2.45, 2.75) is 32.4 Å². The number of halogens is 1. The standard InChI is InChI=1S/C24H30ClN5O/c1-3-16(2)21(26)24(31)30-14-12-29(13-15-30)23-20-7-5-4-6-19(20)22(27-28-23)17-8-10-18(25)11-9-17/h4-11,16,21-22,27H,3,12-15,26H2,1-2H3/t16-,21?,22?/m0/s1. The van der Waals surface area contributed by atoms with Gasteiger partial charge in [-0.3, -0.25) is 10.2 Å². The summed E-state index contributed by atoms with van der Waals surface area (Å²) >= 11 is 6.06. The molecule has 0 radical (unpaired) electrons. The maximum atomic E-state index is 12.7. The molecule has 0 spiro atoms. The van der Waals surface area contributed by atoms with Crippen LogP contribution >= 0.6 is 11.6 Å². The number of fused-ring (bicyclic) bond motifs is 1. The van der Waals surface area contributed by atoms with Crippen molar-refractivity contribution in [3.8, 4) is 0 Å². The van der Waals surface area contributed by atoms with Gasteiger partial charge in [0.1, 0.15) is 0 Å². The van der Waals surface area contributed by atoms with Crippen LogP contribution in [0.5, 0.6) is 0 Å². The molecule has 0 saturated carbocycles. The molecule has 2 aromatic rings. The molecule has 0 aliphatic carbocycles. The fourth-order valence-electron chi connectivity index (χ4n) is 4.20. The lowest BCUT2D eigenvalue weighted by Gasteiger charge is -2.39. The molecule has 3 N–H and O–H groups in total. The number of piperazine rings is 1. The predicted molar refractivity (Wildman–Crippen MR) is 125 cm³/mol. The molecule has 4 rings (SSSR count). The molecule has 6 nitrogen and oxygen atoms in total. The van der Waals surface area contributed by atoms with Gasteiger partial charge in [-0.25, -0.2) is 0 Å². The number of nitrogens with one attached hydrogen (secondary N) is 1. The van der Waals surface area contributed by atoms with E-state index in [1.54, 1.807) is 0 Å². The van der Waals surface area contributed by atoms with Gasteiger partial charge in [0, 0.05) is 36.8 Å². The molecule has 1 fully saturated rings. The number of amidine groups is 1. The summed E-state index contributed by atoms with van der Waals surface area (Å²) in [6.45, 7) is 6.89. The summed E-state index contributed by atoms with van der Waals surface area (Å²) in [5.74, 6) is 1.18. The van der Waals surface area contributed by atoms with Gasteiger partial charge in [0.25, 0.3) is 0 Å². The maximum Gasteiger partial charge on any atom is 0.239 e. The largest absolute Gasteiger partial charge is 0.351 e. The summed E-state index contributed by atoms with van der Waals surface area (Å²) in [7, 11) is 0. The van der Waals surface area contributed by atoms with Crippen LogP contribution in [0.15, 0.2) is 53.6 Å². The third-order valence-electron chi connectivity index (χ3n) is 6.45. The first-order chi connectivity index (χ1) is 15.0. The quantitative estimate of drug-likeness (QED) is 0.767. The van der Waals surface area contributed by atoms with Gasteiger partial charge >= 0.3 is 0 Å². The van der Waals surface area contributed by atoms with Gasteiger partial charge in [-0.05, 0) is 29.2 Å². The fraction of sp³-hybridized carbons (Fsp3) is 0.417. The zero-order valence-electron chi connectivity index (χ0n) is 18.1. The van der Waals surface area contributed by atoms with E-state index in [2.05, 4.69) is 35.4 Å². The number of benzene rings is 2. The van der Waals surface area contributed by atoms with Crippen LogP contribution < -0.4 is 11.2 Å². The van der Waals surface area contributed by atoms with Gasteiger partial charge in [-0.15, -0.1) is 0 Å². The van der Waals surface area contributed by atoms with Crippen LogP contribution in [0.1, 0.15) is 43.0 Å². The molecule has 0 bridgehead atoms. The first-order valence-corrected chi connectivity index (χ1v) is 11.3. The first kappa shape index (κ1) is 21.7. The highest BCUT2D eigenvalue weighted by Gasteiger charge is 2.31. The number of hydrogen-bond acceptors (Lipinski definition) is 5. The van der Waals surface area contributed by atoms with E-state index in [-0.39, 0.29) is 17.9 Å². The van der Waals surface area contributed by atoms with Crippen LogP contribution in [-0.2, 0) is 4.79 Å². The number of carbonyl (C=O) groups excluding carboxylic acids is 1. The molecule has 2 aliphatic heterocycles. The molecule has 0 aromatic heterocycles. The minimum atomic E-state index is -0.425. The SMILES string of the molecule is CC[C@H](C)C(N)C(=O)N1CCN(C2=NNC(c3ccc(Cl)cc3)c3ccccc32)CC1. The molecule has 2 heterocycles. The summed E-state index contributed by atoms with van der Waals surface area (Å²) in [6.07, 6.45) is 0.904. The molecule has 1 amide bonds. The molecular weight excluding hydrogens is 410 g/mol. The van der Waals surface area contributed by atoms with Crippen LogP contribution in [0.4, 0.5) is 0 Å². The minimum absolute atomic E-state index is 0.0198. The summed E-state index contributed by atoms with van der Waals surface area (Å²) in [5.41, 5.74) is 12.9. The number of hydrazone groups is 1. The lowest BCUT2D eigenvalue weighted by atomic mass is 9.93. The van der Waals surface area contributed by atoms with E-state index in [9.17, 15) is 4.79 Å². The average Bonchev–Trinajstić information content (AvgIpc) is 2.82. The van der Waals surface area contributed by atoms with Gasteiger partial charge in [0.15, 0.2) is 5.84 Å².